The summed E-state index contributed by atoms with van der Waals surface area (Å²) >= 11 is 3.47. The molecule has 3 aromatic rings. The molecule has 0 spiro atoms. The molecular weight excluding hydrogens is 564 g/mol. The van der Waals surface area contributed by atoms with Gasteiger partial charge in [-0.1, -0.05) is 28.6 Å². The summed E-state index contributed by atoms with van der Waals surface area (Å²) in [6.07, 6.45) is 5.00. The minimum absolute atomic E-state index is 0.0125. The predicted molar refractivity (Wildman–Crippen MR) is 152 cm³/mol. The number of likely N-dealkylation sites (tertiary alicyclic amines) is 1. The molecule has 1 aromatic heterocycles. The first-order chi connectivity index (χ1) is 18.7. The van der Waals surface area contributed by atoms with Gasteiger partial charge in [0.1, 0.15) is 6.29 Å². The molecule has 1 saturated heterocycles. The number of carbonyl (C=O) groups is 4. The molecule has 0 bridgehead atoms. The van der Waals surface area contributed by atoms with Crippen molar-refractivity contribution in [1.29, 1.82) is 0 Å². The van der Waals surface area contributed by atoms with Gasteiger partial charge < -0.3 is 29.6 Å². The van der Waals surface area contributed by atoms with Crippen molar-refractivity contribution in [2.75, 3.05) is 26.7 Å². The molecule has 1 fully saturated rings. The maximum absolute atomic E-state index is 13.0. The van der Waals surface area contributed by atoms with E-state index in [-0.39, 0.29) is 30.3 Å². The van der Waals surface area contributed by atoms with Crippen LogP contribution in [0.25, 0.3) is 10.9 Å². The Hall–Kier alpha value is -3.76. The van der Waals surface area contributed by atoms with E-state index in [2.05, 4.69) is 27.8 Å². The Balaban J connectivity index is 0.000000298. The Morgan fingerprint density at radius 2 is 1.90 bits per heavy atom. The highest BCUT2D eigenvalue weighted by molar-refractivity contribution is 9.10. The number of carboxylic acid groups (broad SMARTS) is 1. The second-order valence-corrected chi connectivity index (χ2v) is 10.5. The van der Waals surface area contributed by atoms with E-state index in [9.17, 15) is 24.3 Å². The highest BCUT2D eigenvalue weighted by Crippen LogP contribution is 2.27. The third kappa shape index (κ3) is 6.46. The zero-order valence-electron chi connectivity index (χ0n) is 21.7. The zero-order chi connectivity index (χ0) is 28.1. The van der Waals surface area contributed by atoms with Gasteiger partial charge in [-0.05, 0) is 66.6 Å². The van der Waals surface area contributed by atoms with Gasteiger partial charge in [-0.2, -0.15) is 0 Å². The average Bonchev–Trinajstić information content (AvgIpc) is 3.23. The highest BCUT2D eigenvalue weighted by Gasteiger charge is 2.27. The van der Waals surface area contributed by atoms with Crippen LogP contribution in [-0.2, 0) is 40.3 Å². The Morgan fingerprint density at radius 1 is 1.13 bits per heavy atom. The van der Waals surface area contributed by atoms with E-state index >= 15 is 0 Å². The van der Waals surface area contributed by atoms with Crippen LogP contribution >= 0.6 is 15.9 Å². The number of hydrogen-bond acceptors (Lipinski definition) is 5. The molecule has 9 nitrogen and oxygen atoms in total. The first-order valence-corrected chi connectivity index (χ1v) is 13.5. The monoisotopic (exact) mass is 594 g/mol. The molecule has 0 aliphatic carbocycles. The Kier molecular flexibility index (Phi) is 8.98. The number of nitrogens with one attached hydrogen (secondary N) is 1. The number of likely N-dealkylation sites (N-methyl/N-ethyl adjacent to an activating group) is 1. The minimum Gasteiger partial charge on any atom is -0.478 e. The van der Waals surface area contributed by atoms with E-state index in [4.69, 9.17) is 0 Å². The van der Waals surface area contributed by atoms with Gasteiger partial charge in [0.05, 0.1) is 18.5 Å². The number of aromatic nitrogens is 1. The lowest BCUT2D eigenvalue weighted by Crippen LogP contribution is -2.58. The molecule has 2 N–H and O–H groups in total. The molecule has 0 unspecified atom stereocenters. The molecule has 2 aliphatic heterocycles. The summed E-state index contributed by atoms with van der Waals surface area (Å²) in [5, 5.41) is 13.2. The number of aromatic carboxylic acids is 1. The minimum atomic E-state index is -0.968. The van der Waals surface area contributed by atoms with Gasteiger partial charge in [-0.3, -0.25) is 9.59 Å². The highest BCUT2D eigenvalue weighted by atomic mass is 79.9. The van der Waals surface area contributed by atoms with E-state index in [1.807, 2.05) is 42.1 Å². The lowest BCUT2D eigenvalue weighted by molar-refractivity contribution is -0.131. The zero-order valence-corrected chi connectivity index (χ0v) is 23.3. The van der Waals surface area contributed by atoms with Gasteiger partial charge in [-0.25, -0.2) is 4.79 Å². The van der Waals surface area contributed by atoms with Crippen molar-refractivity contribution < 1.29 is 24.3 Å². The fourth-order valence-corrected chi connectivity index (χ4v) is 5.22. The largest absolute Gasteiger partial charge is 0.478 e. The van der Waals surface area contributed by atoms with Crippen molar-refractivity contribution in [3.63, 3.8) is 0 Å². The number of amides is 2. The summed E-state index contributed by atoms with van der Waals surface area (Å²) in [4.78, 5) is 49.6. The van der Waals surface area contributed by atoms with E-state index < -0.39 is 5.97 Å². The Bertz CT molecular complexity index is 1430. The third-order valence-corrected chi connectivity index (χ3v) is 7.63. The molecule has 3 heterocycles. The van der Waals surface area contributed by atoms with E-state index in [0.717, 1.165) is 51.4 Å². The van der Waals surface area contributed by atoms with Crippen molar-refractivity contribution in [3.8, 4) is 0 Å². The fraction of sp³-hybridized carbons (Fsp3) is 0.310. The number of hydrogen-bond donors (Lipinski definition) is 2. The van der Waals surface area contributed by atoms with Gasteiger partial charge >= 0.3 is 5.97 Å². The van der Waals surface area contributed by atoms with Crippen molar-refractivity contribution in [2.24, 2.45) is 0 Å². The summed E-state index contributed by atoms with van der Waals surface area (Å²) in [6.45, 7) is 6.30. The van der Waals surface area contributed by atoms with Crippen LogP contribution in [0.3, 0.4) is 0 Å². The Morgan fingerprint density at radius 3 is 2.56 bits per heavy atom. The number of carbonyl (C=O) groups excluding carboxylic acids is 3. The van der Waals surface area contributed by atoms with Gasteiger partial charge in [0.15, 0.2) is 0 Å². The molecule has 0 saturated carbocycles. The number of benzene rings is 2. The topological polar surface area (TPSA) is 112 Å². The average molecular weight is 595 g/mol. The van der Waals surface area contributed by atoms with Gasteiger partial charge in [0.25, 0.3) is 0 Å². The van der Waals surface area contributed by atoms with Crippen LogP contribution in [0.15, 0.2) is 59.7 Å². The number of fused-ring (bicyclic) bond motifs is 2. The van der Waals surface area contributed by atoms with Crippen LogP contribution in [0, 0.1) is 0 Å². The fourth-order valence-electron chi connectivity index (χ4n) is 4.86. The quantitative estimate of drug-likeness (QED) is 0.321. The lowest BCUT2D eigenvalue weighted by atomic mass is 9.97. The molecule has 10 heteroatoms. The smallest absolute Gasteiger partial charge is 0.335 e. The van der Waals surface area contributed by atoms with E-state index in [1.54, 1.807) is 21.9 Å². The Labute approximate surface area is 235 Å². The van der Waals surface area contributed by atoms with Crippen molar-refractivity contribution in [3.05, 3.63) is 82.0 Å². The van der Waals surface area contributed by atoms with Gasteiger partial charge in [0, 0.05) is 53.8 Å². The first kappa shape index (κ1) is 28.3. The van der Waals surface area contributed by atoms with Crippen LogP contribution in [0.5, 0.6) is 0 Å². The number of rotatable bonds is 7. The van der Waals surface area contributed by atoms with Gasteiger partial charge in [0.2, 0.25) is 11.8 Å². The molecule has 0 atom stereocenters. The van der Waals surface area contributed by atoms with Crippen molar-refractivity contribution in [2.45, 2.75) is 32.0 Å². The van der Waals surface area contributed by atoms with Crippen LogP contribution in [0.4, 0.5) is 0 Å². The summed E-state index contributed by atoms with van der Waals surface area (Å²) in [5.74, 6) is -0.946. The van der Waals surface area contributed by atoms with E-state index in [1.165, 1.54) is 6.08 Å². The van der Waals surface area contributed by atoms with Gasteiger partial charge in [-0.15, -0.1) is 0 Å². The molecule has 39 heavy (non-hydrogen) atoms. The summed E-state index contributed by atoms with van der Waals surface area (Å²) in [7, 11) is 1.90. The number of halogens is 1. The predicted octanol–water partition coefficient (Wildman–Crippen LogP) is 3.03. The third-order valence-electron chi connectivity index (χ3n) is 7.13. The summed E-state index contributed by atoms with van der Waals surface area (Å²) in [6, 6.07) is 11.4. The molecule has 0 radical (unpaired) electrons. The number of aldehydes is 1. The summed E-state index contributed by atoms with van der Waals surface area (Å²) < 4.78 is 2.76. The van der Waals surface area contributed by atoms with Crippen molar-refractivity contribution in [1.82, 2.24) is 19.7 Å². The molecule has 2 aromatic carbocycles. The van der Waals surface area contributed by atoms with E-state index in [0.29, 0.717) is 25.6 Å². The number of carboxylic acids is 1. The SMILES string of the molecule is C=CC(=O)N1CC(NC)C1.O=CCn1cc(CC(=O)N2CCc3ccc(C(=O)O)cc3C2)c2cc(Br)ccc21. The maximum atomic E-state index is 13.0. The maximum Gasteiger partial charge on any atom is 0.335 e. The van der Waals surface area contributed by atoms with Crippen LogP contribution in [0.1, 0.15) is 27.0 Å². The van der Waals surface area contributed by atoms with Crippen LogP contribution in [0.2, 0.25) is 0 Å². The lowest BCUT2D eigenvalue weighted by Gasteiger charge is -2.38. The molecule has 2 amide bonds. The second kappa shape index (κ2) is 12.4. The van der Waals surface area contributed by atoms with Crippen LogP contribution < -0.4 is 5.32 Å². The first-order valence-electron chi connectivity index (χ1n) is 12.7. The standard InChI is InChI=1S/C22H19BrN2O4.C7H12N2O/c23-18-3-4-20-19(11-18)17(13-24(20)7-8-26)10-21(27)25-6-5-14-1-2-15(22(28)29)9-16(14)12-25;1-3-7(10)9-4-6(5-9)8-2/h1-4,8-9,11,13H,5-7,10,12H2,(H,28,29);3,6,8H,1,4-5H2,2H3. The number of nitrogens with zero attached hydrogens (tertiary/aromatic N) is 3. The van der Waals surface area contributed by atoms with Crippen molar-refractivity contribution >= 4 is 50.9 Å². The normalized spacial score (nSPS) is 14.6. The second-order valence-electron chi connectivity index (χ2n) is 9.60. The van der Waals surface area contributed by atoms with Crippen LogP contribution in [-0.4, -0.2) is 76.3 Å². The molecule has 204 valence electrons. The molecule has 5 rings (SSSR count). The molecule has 2 aliphatic rings. The summed E-state index contributed by atoms with van der Waals surface area (Å²) in [5.41, 5.74) is 4.00. The molecular formula is C29H31BrN4O5.